The van der Waals surface area contributed by atoms with Crippen molar-refractivity contribution in [2.45, 2.75) is 71.1 Å². The van der Waals surface area contributed by atoms with Crippen LogP contribution in [0.4, 0.5) is 0 Å². The number of unbranched alkanes of at least 4 members (excludes halogenated alkanes) is 9. The summed E-state index contributed by atoms with van der Waals surface area (Å²) in [6, 6.07) is 6.69. The van der Waals surface area contributed by atoms with Gasteiger partial charge in [0, 0.05) is 13.1 Å². The fourth-order valence-electron chi connectivity index (χ4n) is 2.56. The Hall–Kier alpha value is -1.27. The lowest BCUT2D eigenvalue weighted by atomic mass is 10.1. The van der Waals surface area contributed by atoms with Crippen LogP contribution in [0, 0.1) is 0 Å². The van der Waals surface area contributed by atoms with E-state index < -0.39 is 10.3 Å². The van der Waals surface area contributed by atoms with Crippen LogP contribution in [0.5, 0.6) is 11.5 Å². The summed E-state index contributed by atoms with van der Waals surface area (Å²) in [6.07, 6.45) is 12.8. The van der Waals surface area contributed by atoms with Crippen molar-refractivity contribution in [3.05, 3.63) is 24.3 Å². The van der Waals surface area contributed by atoms with Gasteiger partial charge in [-0.2, -0.15) is 13.1 Å². The SMILES string of the molecule is CCCCCCCCCCCCOc1cccc(OS(=O)(=O)NC)c1. The van der Waals surface area contributed by atoms with Crippen molar-refractivity contribution in [2.75, 3.05) is 13.7 Å². The van der Waals surface area contributed by atoms with Crippen molar-refractivity contribution in [1.29, 1.82) is 0 Å². The second-order valence-electron chi connectivity index (χ2n) is 6.25. The molecule has 0 aliphatic heterocycles. The normalized spacial score (nSPS) is 11.4. The van der Waals surface area contributed by atoms with E-state index in [9.17, 15) is 8.42 Å². The molecule has 0 spiro atoms. The van der Waals surface area contributed by atoms with Crippen LogP contribution in [0.1, 0.15) is 71.1 Å². The highest BCUT2D eigenvalue weighted by molar-refractivity contribution is 7.85. The van der Waals surface area contributed by atoms with Crippen molar-refractivity contribution in [1.82, 2.24) is 4.72 Å². The summed E-state index contributed by atoms with van der Waals surface area (Å²) in [7, 11) is -2.43. The molecule has 0 saturated heterocycles. The summed E-state index contributed by atoms with van der Waals surface area (Å²) in [5.74, 6) is 0.870. The molecule has 1 N–H and O–H groups in total. The van der Waals surface area contributed by atoms with Crippen LogP contribution in [0.2, 0.25) is 0 Å². The van der Waals surface area contributed by atoms with E-state index >= 15 is 0 Å². The third kappa shape index (κ3) is 11.1. The first-order valence-electron chi connectivity index (χ1n) is 9.43. The van der Waals surface area contributed by atoms with Gasteiger partial charge in [-0.15, -0.1) is 0 Å². The van der Waals surface area contributed by atoms with Gasteiger partial charge in [0.15, 0.2) is 0 Å². The van der Waals surface area contributed by atoms with Crippen molar-refractivity contribution in [3.8, 4) is 11.5 Å². The molecule has 1 rings (SSSR count). The molecule has 1 aromatic carbocycles. The third-order valence-electron chi connectivity index (χ3n) is 4.03. The van der Waals surface area contributed by atoms with Gasteiger partial charge in [-0.05, 0) is 18.6 Å². The van der Waals surface area contributed by atoms with E-state index in [1.54, 1.807) is 24.3 Å². The van der Waals surface area contributed by atoms with Gasteiger partial charge < -0.3 is 8.92 Å². The van der Waals surface area contributed by atoms with Crippen LogP contribution in [0.25, 0.3) is 0 Å². The molecule has 25 heavy (non-hydrogen) atoms. The van der Waals surface area contributed by atoms with Crippen LogP contribution in [0.15, 0.2) is 24.3 Å². The average molecular weight is 372 g/mol. The van der Waals surface area contributed by atoms with Crippen LogP contribution < -0.4 is 13.6 Å². The number of benzene rings is 1. The zero-order valence-electron chi connectivity index (χ0n) is 15.6. The minimum absolute atomic E-state index is 0.245. The molecule has 0 aliphatic carbocycles. The summed E-state index contributed by atoms with van der Waals surface area (Å²) in [4.78, 5) is 0. The Kier molecular flexibility index (Phi) is 11.3. The van der Waals surface area contributed by atoms with Crippen molar-refractivity contribution in [2.24, 2.45) is 0 Å². The van der Waals surface area contributed by atoms with E-state index in [2.05, 4.69) is 11.6 Å². The van der Waals surface area contributed by atoms with Crippen LogP contribution in [0.3, 0.4) is 0 Å². The molecule has 0 heterocycles. The first-order valence-corrected chi connectivity index (χ1v) is 10.8. The molecule has 0 aliphatic rings. The Morgan fingerprint density at radius 3 is 2.04 bits per heavy atom. The number of ether oxygens (including phenoxy) is 1. The van der Waals surface area contributed by atoms with Gasteiger partial charge >= 0.3 is 10.3 Å². The molecule has 5 nitrogen and oxygen atoms in total. The third-order valence-corrected chi connectivity index (χ3v) is 4.94. The molecule has 0 fully saturated rings. The molecular formula is C19H33NO4S. The highest BCUT2D eigenvalue weighted by atomic mass is 32.2. The Morgan fingerprint density at radius 1 is 0.880 bits per heavy atom. The van der Waals surface area contributed by atoms with Gasteiger partial charge in [0.25, 0.3) is 0 Å². The minimum Gasteiger partial charge on any atom is -0.493 e. The Morgan fingerprint density at radius 2 is 1.44 bits per heavy atom. The molecule has 0 saturated carbocycles. The van der Waals surface area contributed by atoms with E-state index in [1.807, 2.05) is 0 Å². The molecule has 1 aromatic rings. The van der Waals surface area contributed by atoms with Crippen LogP contribution in [-0.2, 0) is 10.3 Å². The van der Waals surface area contributed by atoms with Crippen molar-refractivity contribution >= 4 is 10.3 Å². The monoisotopic (exact) mass is 371 g/mol. The average Bonchev–Trinajstić information content (AvgIpc) is 2.59. The predicted molar refractivity (Wildman–Crippen MR) is 102 cm³/mol. The summed E-state index contributed by atoms with van der Waals surface area (Å²) < 4.78 is 35.4. The second kappa shape index (κ2) is 13.0. The summed E-state index contributed by atoms with van der Waals surface area (Å²) in [6.45, 7) is 2.88. The van der Waals surface area contributed by atoms with E-state index in [-0.39, 0.29) is 5.75 Å². The summed E-state index contributed by atoms with van der Waals surface area (Å²) in [5, 5.41) is 0. The maximum atomic E-state index is 11.4. The predicted octanol–water partition coefficient (Wildman–Crippen LogP) is 4.83. The Bertz CT molecular complexity index is 560. The molecule has 0 amide bonds. The first kappa shape index (κ1) is 21.8. The van der Waals surface area contributed by atoms with Gasteiger partial charge in [-0.3, -0.25) is 0 Å². The smallest absolute Gasteiger partial charge is 0.382 e. The number of nitrogens with one attached hydrogen (secondary N) is 1. The summed E-state index contributed by atoms with van der Waals surface area (Å²) >= 11 is 0. The summed E-state index contributed by atoms with van der Waals surface area (Å²) in [5.41, 5.74) is 0. The van der Waals surface area contributed by atoms with E-state index in [4.69, 9.17) is 8.92 Å². The van der Waals surface area contributed by atoms with Crippen LogP contribution in [-0.4, -0.2) is 22.1 Å². The minimum atomic E-state index is -3.74. The molecular weight excluding hydrogens is 338 g/mol. The lowest BCUT2D eigenvalue weighted by Crippen LogP contribution is -2.24. The zero-order chi connectivity index (χ0) is 18.4. The van der Waals surface area contributed by atoms with Gasteiger partial charge in [-0.25, -0.2) is 0 Å². The van der Waals surface area contributed by atoms with Crippen molar-refractivity contribution < 1.29 is 17.3 Å². The Balaban J connectivity index is 2.10. The van der Waals surface area contributed by atoms with E-state index in [0.29, 0.717) is 12.4 Å². The van der Waals surface area contributed by atoms with Crippen LogP contribution >= 0.6 is 0 Å². The van der Waals surface area contributed by atoms with Gasteiger partial charge in [-0.1, -0.05) is 70.8 Å². The van der Waals surface area contributed by atoms with Gasteiger partial charge in [0.05, 0.1) is 6.61 Å². The van der Waals surface area contributed by atoms with Gasteiger partial charge in [0.1, 0.15) is 11.5 Å². The molecule has 6 heteroatoms. The fraction of sp³-hybridized carbons (Fsp3) is 0.684. The lowest BCUT2D eigenvalue weighted by Gasteiger charge is -2.09. The second-order valence-corrected chi connectivity index (χ2v) is 7.73. The first-order chi connectivity index (χ1) is 12.1. The molecule has 0 aromatic heterocycles. The molecule has 0 radical (unpaired) electrons. The number of rotatable bonds is 15. The number of hydrogen-bond donors (Lipinski definition) is 1. The molecule has 0 bridgehead atoms. The largest absolute Gasteiger partial charge is 0.493 e. The molecule has 0 atom stereocenters. The van der Waals surface area contributed by atoms with E-state index in [0.717, 1.165) is 6.42 Å². The zero-order valence-corrected chi connectivity index (χ0v) is 16.4. The maximum Gasteiger partial charge on any atom is 0.382 e. The quantitative estimate of drug-likeness (QED) is 0.449. The Labute approximate surface area is 153 Å². The topological polar surface area (TPSA) is 64.6 Å². The molecule has 0 unspecified atom stereocenters. The van der Waals surface area contributed by atoms with Gasteiger partial charge in [0.2, 0.25) is 0 Å². The lowest BCUT2D eigenvalue weighted by molar-refractivity contribution is 0.303. The van der Waals surface area contributed by atoms with Crippen molar-refractivity contribution in [3.63, 3.8) is 0 Å². The fourth-order valence-corrected chi connectivity index (χ4v) is 3.00. The highest BCUT2D eigenvalue weighted by Crippen LogP contribution is 2.21. The number of hydrogen-bond acceptors (Lipinski definition) is 4. The van der Waals surface area contributed by atoms with E-state index in [1.165, 1.54) is 64.8 Å². The maximum absolute atomic E-state index is 11.4. The molecule has 144 valence electrons. The standard InChI is InChI=1S/C19H33NO4S/c1-3-4-5-6-7-8-9-10-11-12-16-23-18-14-13-15-19(17-18)24-25(21,22)20-2/h13-15,17,20H,3-12,16H2,1-2H3. The highest BCUT2D eigenvalue weighted by Gasteiger charge is 2.09.